The highest BCUT2D eigenvalue weighted by Gasteiger charge is 2.32. The first-order valence-electron chi connectivity index (χ1n) is 5.01. The zero-order valence-corrected chi connectivity index (χ0v) is 8.01. The predicted octanol–water partition coefficient (Wildman–Crippen LogP) is 1.97. The van der Waals surface area contributed by atoms with Gasteiger partial charge >= 0.3 is 0 Å². The number of rotatable bonds is 5. The van der Waals surface area contributed by atoms with Crippen molar-refractivity contribution in [1.82, 2.24) is 0 Å². The van der Waals surface area contributed by atoms with Crippen molar-refractivity contribution in [2.45, 2.75) is 39.0 Å². The van der Waals surface area contributed by atoms with Gasteiger partial charge in [-0.15, -0.1) is 0 Å². The molecule has 1 N–H and O–H groups in total. The van der Waals surface area contributed by atoms with Crippen LogP contribution < -0.4 is 0 Å². The fourth-order valence-corrected chi connectivity index (χ4v) is 2.05. The van der Waals surface area contributed by atoms with E-state index in [0.717, 1.165) is 19.6 Å². The quantitative estimate of drug-likeness (QED) is 0.642. The van der Waals surface area contributed by atoms with E-state index < -0.39 is 0 Å². The Balaban J connectivity index is 2.24. The molecule has 1 fully saturated rings. The van der Waals surface area contributed by atoms with Crippen LogP contribution in [-0.4, -0.2) is 24.9 Å². The summed E-state index contributed by atoms with van der Waals surface area (Å²) >= 11 is 0. The van der Waals surface area contributed by atoms with Crippen molar-refractivity contribution in [3.8, 4) is 0 Å². The van der Waals surface area contributed by atoms with E-state index in [1.54, 1.807) is 0 Å². The van der Waals surface area contributed by atoms with Gasteiger partial charge in [-0.1, -0.05) is 12.8 Å². The number of ether oxygens (including phenoxy) is 1. The zero-order chi connectivity index (χ0) is 8.86. The average Bonchev–Trinajstić information content (AvgIpc) is 2.55. The molecule has 0 radical (unpaired) electrons. The molecule has 0 aromatic rings. The molecule has 1 aliphatic carbocycles. The highest BCUT2D eigenvalue weighted by molar-refractivity contribution is 4.83. The van der Waals surface area contributed by atoms with Crippen LogP contribution >= 0.6 is 0 Å². The van der Waals surface area contributed by atoms with E-state index in [4.69, 9.17) is 4.74 Å². The predicted molar refractivity (Wildman–Crippen MR) is 49.1 cm³/mol. The van der Waals surface area contributed by atoms with E-state index in [0.29, 0.717) is 6.61 Å². The minimum Gasteiger partial charge on any atom is -0.396 e. The molecule has 0 spiro atoms. The molecular formula is C10H20O2. The second kappa shape index (κ2) is 4.83. The van der Waals surface area contributed by atoms with Gasteiger partial charge < -0.3 is 9.84 Å². The maximum Gasteiger partial charge on any atom is 0.0488 e. The third kappa shape index (κ3) is 2.46. The summed E-state index contributed by atoms with van der Waals surface area (Å²) in [6.07, 6.45) is 5.99. The lowest BCUT2D eigenvalue weighted by molar-refractivity contribution is 0.0649. The lowest BCUT2D eigenvalue weighted by Crippen LogP contribution is -2.23. The maximum absolute atomic E-state index is 9.26. The van der Waals surface area contributed by atoms with Crippen LogP contribution in [0, 0.1) is 5.41 Å². The first kappa shape index (κ1) is 10.0. The van der Waals surface area contributed by atoms with Crippen molar-refractivity contribution in [2.75, 3.05) is 19.8 Å². The number of hydrogen-bond acceptors (Lipinski definition) is 2. The number of hydrogen-bond donors (Lipinski definition) is 1. The van der Waals surface area contributed by atoms with Gasteiger partial charge in [0.2, 0.25) is 0 Å². The van der Waals surface area contributed by atoms with Gasteiger partial charge in [0, 0.05) is 19.8 Å². The Morgan fingerprint density at radius 3 is 2.50 bits per heavy atom. The van der Waals surface area contributed by atoms with Crippen molar-refractivity contribution < 1.29 is 9.84 Å². The van der Waals surface area contributed by atoms with Crippen LogP contribution in [0.15, 0.2) is 0 Å². The lowest BCUT2D eigenvalue weighted by Gasteiger charge is -2.25. The van der Waals surface area contributed by atoms with Crippen LogP contribution in [0.2, 0.25) is 0 Å². The summed E-state index contributed by atoms with van der Waals surface area (Å²) in [5.74, 6) is 0. The van der Waals surface area contributed by atoms with E-state index in [9.17, 15) is 5.11 Å². The Kier molecular flexibility index (Phi) is 4.02. The molecule has 2 nitrogen and oxygen atoms in total. The minimum atomic E-state index is 0.217. The third-order valence-corrected chi connectivity index (χ3v) is 2.98. The van der Waals surface area contributed by atoms with Gasteiger partial charge in [-0.2, -0.15) is 0 Å². The summed E-state index contributed by atoms with van der Waals surface area (Å²) in [5, 5.41) is 9.26. The fourth-order valence-electron chi connectivity index (χ4n) is 2.05. The Bertz CT molecular complexity index is 117. The molecule has 0 heterocycles. The van der Waals surface area contributed by atoms with E-state index in [1.807, 2.05) is 6.92 Å². The molecule has 2 heteroatoms. The van der Waals surface area contributed by atoms with E-state index in [1.165, 1.54) is 25.7 Å². The van der Waals surface area contributed by atoms with Crippen LogP contribution in [0.25, 0.3) is 0 Å². The molecule has 0 aromatic heterocycles. The topological polar surface area (TPSA) is 29.5 Å². The molecular weight excluding hydrogens is 152 g/mol. The average molecular weight is 172 g/mol. The van der Waals surface area contributed by atoms with Gasteiger partial charge in [-0.3, -0.25) is 0 Å². The van der Waals surface area contributed by atoms with Crippen molar-refractivity contribution in [3.63, 3.8) is 0 Å². The van der Waals surface area contributed by atoms with Crippen LogP contribution in [0.4, 0.5) is 0 Å². The van der Waals surface area contributed by atoms with Crippen molar-refractivity contribution >= 4 is 0 Å². The van der Waals surface area contributed by atoms with Crippen LogP contribution in [0.5, 0.6) is 0 Å². The molecule has 1 saturated carbocycles. The van der Waals surface area contributed by atoms with Crippen molar-refractivity contribution in [3.05, 3.63) is 0 Å². The first-order valence-corrected chi connectivity index (χ1v) is 5.01. The standard InChI is InChI=1S/C10H20O2/c1-2-12-8-7-10(9-11)5-3-4-6-10/h11H,2-9H2,1H3. The van der Waals surface area contributed by atoms with Crippen LogP contribution in [0.3, 0.4) is 0 Å². The maximum atomic E-state index is 9.26. The normalized spacial score (nSPS) is 21.5. The van der Waals surface area contributed by atoms with Gasteiger partial charge in [-0.05, 0) is 31.6 Å². The summed E-state index contributed by atoms with van der Waals surface area (Å²) in [5.41, 5.74) is 0.217. The monoisotopic (exact) mass is 172 g/mol. The van der Waals surface area contributed by atoms with Gasteiger partial charge in [0.25, 0.3) is 0 Å². The SMILES string of the molecule is CCOCCC1(CO)CCCC1. The number of aliphatic hydroxyl groups is 1. The smallest absolute Gasteiger partial charge is 0.0488 e. The Labute approximate surface area is 74.9 Å². The van der Waals surface area contributed by atoms with Crippen molar-refractivity contribution in [2.24, 2.45) is 5.41 Å². The fraction of sp³-hybridized carbons (Fsp3) is 1.00. The molecule has 1 rings (SSSR count). The molecule has 0 unspecified atom stereocenters. The van der Waals surface area contributed by atoms with Crippen LogP contribution in [0.1, 0.15) is 39.0 Å². The Morgan fingerprint density at radius 1 is 1.33 bits per heavy atom. The Hall–Kier alpha value is -0.0800. The highest BCUT2D eigenvalue weighted by Crippen LogP contribution is 2.40. The minimum absolute atomic E-state index is 0.217. The number of aliphatic hydroxyl groups excluding tert-OH is 1. The van der Waals surface area contributed by atoms with E-state index in [-0.39, 0.29) is 5.41 Å². The molecule has 0 saturated heterocycles. The highest BCUT2D eigenvalue weighted by atomic mass is 16.5. The lowest BCUT2D eigenvalue weighted by atomic mass is 9.84. The molecule has 0 atom stereocenters. The summed E-state index contributed by atoms with van der Waals surface area (Å²) in [6.45, 7) is 3.97. The summed E-state index contributed by atoms with van der Waals surface area (Å²) < 4.78 is 5.31. The molecule has 1 aliphatic rings. The van der Waals surface area contributed by atoms with Gasteiger partial charge in [0.05, 0.1) is 0 Å². The van der Waals surface area contributed by atoms with Crippen molar-refractivity contribution in [1.29, 1.82) is 0 Å². The summed E-state index contributed by atoms with van der Waals surface area (Å²) in [4.78, 5) is 0. The van der Waals surface area contributed by atoms with E-state index >= 15 is 0 Å². The summed E-state index contributed by atoms with van der Waals surface area (Å²) in [7, 11) is 0. The van der Waals surface area contributed by atoms with E-state index in [2.05, 4.69) is 0 Å². The second-order valence-corrected chi connectivity index (χ2v) is 3.81. The Morgan fingerprint density at radius 2 is 2.00 bits per heavy atom. The molecule has 0 aromatic carbocycles. The largest absolute Gasteiger partial charge is 0.396 e. The molecule has 72 valence electrons. The summed E-state index contributed by atoms with van der Waals surface area (Å²) in [6, 6.07) is 0. The molecule has 0 amide bonds. The molecule has 0 bridgehead atoms. The van der Waals surface area contributed by atoms with Gasteiger partial charge in [0.1, 0.15) is 0 Å². The van der Waals surface area contributed by atoms with Crippen LogP contribution in [-0.2, 0) is 4.74 Å². The molecule has 0 aliphatic heterocycles. The van der Waals surface area contributed by atoms with Gasteiger partial charge in [-0.25, -0.2) is 0 Å². The van der Waals surface area contributed by atoms with Gasteiger partial charge in [0.15, 0.2) is 0 Å². The molecule has 12 heavy (non-hydrogen) atoms. The zero-order valence-electron chi connectivity index (χ0n) is 8.01. The third-order valence-electron chi connectivity index (χ3n) is 2.98. The first-order chi connectivity index (χ1) is 5.83. The second-order valence-electron chi connectivity index (χ2n) is 3.81.